The van der Waals surface area contributed by atoms with Gasteiger partial charge in [-0.3, -0.25) is 9.10 Å². The molecule has 0 fully saturated rings. The van der Waals surface area contributed by atoms with Crippen molar-refractivity contribution >= 4 is 21.6 Å². The number of nitrogens with zero attached hydrogens (tertiary/aromatic N) is 3. The van der Waals surface area contributed by atoms with E-state index in [2.05, 4.69) is 10.3 Å². The van der Waals surface area contributed by atoms with Crippen LogP contribution < -0.4 is 9.62 Å². The molecule has 0 aliphatic carbocycles. The maximum atomic E-state index is 13.4. The highest BCUT2D eigenvalue weighted by Gasteiger charge is 2.28. The number of nitrogens with one attached hydrogen (secondary N) is 1. The zero-order valence-corrected chi connectivity index (χ0v) is 18.9. The number of benzene rings is 3. The number of hydrogen-bond donors (Lipinski definition) is 1. The Morgan fingerprint density at radius 1 is 0.970 bits per heavy atom. The molecule has 0 bridgehead atoms. The Bertz CT molecular complexity index is 1340. The van der Waals surface area contributed by atoms with Crippen LogP contribution in [0, 0.1) is 6.92 Å². The fourth-order valence-corrected chi connectivity index (χ4v) is 5.06. The van der Waals surface area contributed by atoms with Crippen LogP contribution in [0.3, 0.4) is 0 Å². The third-order valence-electron chi connectivity index (χ3n) is 5.25. The van der Waals surface area contributed by atoms with E-state index in [-0.39, 0.29) is 18.0 Å². The lowest BCUT2D eigenvalue weighted by molar-refractivity contribution is -0.119. The molecule has 8 heteroatoms. The lowest BCUT2D eigenvalue weighted by atomic mass is 10.1. The number of hydrogen-bond acceptors (Lipinski definition) is 4. The van der Waals surface area contributed by atoms with Gasteiger partial charge in [0.05, 0.1) is 22.6 Å². The minimum Gasteiger partial charge on any atom is -0.350 e. The van der Waals surface area contributed by atoms with Crippen molar-refractivity contribution in [1.29, 1.82) is 0 Å². The van der Waals surface area contributed by atoms with E-state index in [0.29, 0.717) is 5.69 Å². The molecule has 168 valence electrons. The summed E-state index contributed by atoms with van der Waals surface area (Å²) in [5, 5.41) is 2.87. The molecule has 0 aliphatic heterocycles. The zero-order chi connectivity index (χ0) is 23.3. The van der Waals surface area contributed by atoms with E-state index in [1.54, 1.807) is 42.9 Å². The van der Waals surface area contributed by atoms with E-state index >= 15 is 0 Å². The smallest absolute Gasteiger partial charge is 0.264 e. The van der Waals surface area contributed by atoms with E-state index in [4.69, 9.17) is 0 Å². The number of carbonyl (C=O) groups excluding carboxylic acids is 1. The van der Waals surface area contributed by atoms with Crippen LogP contribution in [-0.2, 0) is 21.4 Å². The molecule has 1 heterocycles. The average molecular weight is 461 g/mol. The van der Waals surface area contributed by atoms with Crippen LogP contribution in [0.25, 0.3) is 5.69 Å². The lowest BCUT2D eigenvalue weighted by Gasteiger charge is -2.25. The van der Waals surface area contributed by atoms with Gasteiger partial charge < -0.3 is 9.88 Å². The fourth-order valence-electron chi connectivity index (χ4n) is 3.56. The number of amides is 1. The summed E-state index contributed by atoms with van der Waals surface area (Å²) in [5.41, 5.74) is 3.01. The van der Waals surface area contributed by atoms with Crippen LogP contribution in [-0.4, -0.2) is 30.4 Å². The molecule has 0 radical (unpaired) electrons. The highest BCUT2D eigenvalue weighted by molar-refractivity contribution is 7.92. The second-order valence-electron chi connectivity index (χ2n) is 7.49. The number of rotatable bonds is 8. The van der Waals surface area contributed by atoms with Crippen molar-refractivity contribution in [3.05, 3.63) is 109 Å². The molecule has 1 aromatic heterocycles. The molecule has 0 atom stereocenters. The first-order valence-electron chi connectivity index (χ1n) is 10.4. The van der Waals surface area contributed by atoms with E-state index in [1.165, 1.54) is 12.1 Å². The minimum atomic E-state index is -3.94. The van der Waals surface area contributed by atoms with Crippen molar-refractivity contribution in [2.24, 2.45) is 0 Å². The predicted molar refractivity (Wildman–Crippen MR) is 128 cm³/mol. The Kier molecular flexibility index (Phi) is 6.55. The van der Waals surface area contributed by atoms with Gasteiger partial charge in [-0.05, 0) is 42.3 Å². The van der Waals surface area contributed by atoms with Gasteiger partial charge in [-0.25, -0.2) is 13.4 Å². The number of aryl methyl sites for hydroxylation is 1. The molecule has 0 saturated heterocycles. The Morgan fingerprint density at radius 3 is 2.39 bits per heavy atom. The van der Waals surface area contributed by atoms with Crippen molar-refractivity contribution in [2.45, 2.75) is 18.4 Å². The molecule has 1 N–H and O–H groups in total. The second-order valence-corrected chi connectivity index (χ2v) is 9.35. The molecule has 0 saturated carbocycles. The van der Waals surface area contributed by atoms with Gasteiger partial charge in [0, 0.05) is 18.9 Å². The summed E-state index contributed by atoms with van der Waals surface area (Å²) in [5.74, 6) is -0.404. The normalized spacial score (nSPS) is 11.2. The number of aromatic nitrogens is 2. The molecule has 0 spiro atoms. The summed E-state index contributed by atoms with van der Waals surface area (Å²) in [6.07, 6.45) is 5.20. The van der Waals surface area contributed by atoms with E-state index in [0.717, 1.165) is 21.1 Å². The largest absolute Gasteiger partial charge is 0.350 e. The summed E-state index contributed by atoms with van der Waals surface area (Å²) < 4.78 is 29.9. The first-order valence-corrected chi connectivity index (χ1v) is 11.9. The summed E-state index contributed by atoms with van der Waals surface area (Å²) in [6, 6.07) is 22.9. The van der Waals surface area contributed by atoms with Crippen LogP contribution >= 0.6 is 0 Å². The van der Waals surface area contributed by atoms with Crippen molar-refractivity contribution in [2.75, 3.05) is 10.8 Å². The molecule has 4 rings (SSSR count). The summed E-state index contributed by atoms with van der Waals surface area (Å²) >= 11 is 0. The third-order valence-corrected chi connectivity index (χ3v) is 7.03. The van der Waals surface area contributed by atoms with Crippen LogP contribution in [0.5, 0.6) is 0 Å². The van der Waals surface area contributed by atoms with Crippen molar-refractivity contribution in [3.63, 3.8) is 0 Å². The summed E-state index contributed by atoms with van der Waals surface area (Å²) in [7, 11) is -3.94. The zero-order valence-electron chi connectivity index (χ0n) is 18.1. The Labute approximate surface area is 193 Å². The highest BCUT2D eigenvalue weighted by Crippen LogP contribution is 2.26. The monoisotopic (exact) mass is 460 g/mol. The maximum Gasteiger partial charge on any atom is 0.264 e. The Morgan fingerprint density at radius 2 is 1.67 bits per heavy atom. The highest BCUT2D eigenvalue weighted by atomic mass is 32.2. The molecule has 7 nitrogen and oxygen atoms in total. The maximum absolute atomic E-state index is 13.4. The van der Waals surface area contributed by atoms with Crippen LogP contribution in [0.1, 0.15) is 11.1 Å². The molecule has 0 unspecified atom stereocenters. The van der Waals surface area contributed by atoms with E-state index in [1.807, 2.05) is 54.1 Å². The average Bonchev–Trinajstić information content (AvgIpc) is 3.37. The molecular formula is C25H24N4O3S. The third kappa shape index (κ3) is 4.96. The van der Waals surface area contributed by atoms with Gasteiger partial charge in [0.2, 0.25) is 5.91 Å². The van der Waals surface area contributed by atoms with Crippen molar-refractivity contribution in [3.8, 4) is 5.69 Å². The van der Waals surface area contributed by atoms with Crippen LogP contribution in [0.2, 0.25) is 0 Å². The molecule has 33 heavy (non-hydrogen) atoms. The molecular weight excluding hydrogens is 436 g/mol. The van der Waals surface area contributed by atoms with Gasteiger partial charge in [0.1, 0.15) is 6.54 Å². The van der Waals surface area contributed by atoms with Gasteiger partial charge in [0.15, 0.2) is 0 Å². The quantitative estimate of drug-likeness (QED) is 0.435. The van der Waals surface area contributed by atoms with Gasteiger partial charge in [-0.2, -0.15) is 0 Å². The SMILES string of the molecule is Cc1ccccc1N(CC(=O)NCc1ccccc1-n1ccnc1)S(=O)(=O)c1ccccc1. The lowest BCUT2D eigenvalue weighted by Crippen LogP contribution is -2.41. The predicted octanol–water partition coefficient (Wildman–Crippen LogP) is 3.69. The van der Waals surface area contributed by atoms with Gasteiger partial charge in [-0.1, -0.05) is 54.6 Å². The number of sulfonamides is 1. The van der Waals surface area contributed by atoms with E-state index in [9.17, 15) is 13.2 Å². The molecule has 1 amide bonds. The Balaban J connectivity index is 1.58. The van der Waals surface area contributed by atoms with Crippen LogP contribution in [0.4, 0.5) is 5.69 Å². The van der Waals surface area contributed by atoms with Gasteiger partial charge in [0.25, 0.3) is 10.0 Å². The first kappa shape index (κ1) is 22.3. The van der Waals surface area contributed by atoms with Crippen molar-refractivity contribution < 1.29 is 13.2 Å². The number of anilines is 1. The number of imidazole rings is 1. The molecule has 3 aromatic carbocycles. The topological polar surface area (TPSA) is 84.3 Å². The number of carbonyl (C=O) groups is 1. The summed E-state index contributed by atoms with van der Waals surface area (Å²) in [4.78, 5) is 17.2. The fraction of sp³-hybridized carbons (Fsp3) is 0.120. The number of para-hydroxylation sites is 2. The van der Waals surface area contributed by atoms with Gasteiger partial charge >= 0.3 is 0 Å². The van der Waals surface area contributed by atoms with Gasteiger partial charge in [-0.15, -0.1) is 0 Å². The standard InChI is InChI=1S/C25H24N4O3S/c1-20-9-5-7-13-23(20)29(33(31,32)22-11-3-2-4-12-22)18-25(30)27-17-21-10-6-8-14-24(21)28-16-15-26-19-28/h2-16,19H,17-18H2,1H3,(H,27,30). The molecule has 4 aromatic rings. The summed E-state index contributed by atoms with van der Waals surface area (Å²) in [6.45, 7) is 1.73. The second kappa shape index (κ2) is 9.70. The van der Waals surface area contributed by atoms with Crippen LogP contribution in [0.15, 0.2) is 102 Å². The minimum absolute atomic E-state index is 0.131. The van der Waals surface area contributed by atoms with E-state index < -0.39 is 15.9 Å². The first-order chi connectivity index (χ1) is 16.0. The Hall–Kier alpha value is -3.91. The molecule has 0 aliphatic rings. The van der Waals surface area contributed by atoms with Crippen molar-refractivity contribution in [1.82, 2.24) is 14.9 Å².